The van der Waals surface area contributed by atoms with Gasteiger partial charge in [0.2, 0.25) is 0 Å². The molecule has 116 valence electrons. The minimum absolute atomic E-state index is 0.0896. The van der Waals surface area contributed by atoms with Crippen molar-refractivity contribution in [1.29, 1.82) is 0 Å². The summed E-state index contributed by atoms with van der Waals surface area (Å²) in [4.78, 5) is 11.1. The van der Waals surface area contributed by atoms with Crippen molar-refractivity contribution in [3.05, 3.63) is 66.2 Å². The Morgan fingerprint density at radius 2 is 1.55 bits per heavy atom. The van der Waals surface area contributed by atoms with E-state index in [1.807, 2.05) is 30.3 Å². The standard InChI is InChI=1S/C16H13F3O2Se/c17-16(18,19)15(20)21-14(12-7-3-1-4-8-12)11-22-13-9-5-2-6-10-13/h1-10,14H,11H2. The summed E-state index contributed by atoms with van der Waals surface area (Å²) in [5.74, 6) is -2.15. The molecule has 22 heavy (non-hydrogen) atoms. The van der Waals surface area contributed by atoms with Crippen LogP contribution in [0, 0.1) is 0 Å². The van der Waals surface area contributed by atoms with Crippen molar-refractivity contribution in [3.8, 4) is 0 Å². The van der Waals surface area contributed by atoms with Gasteiger partial charge in [0.25, 0.3) is 0 Å². The van der Waals surface area contributed by atoms with Crippen molar-refractivity contribution >= 4 is 25.4 Å². The molecule has 2 aromatic rings. The van der Waals surface area contributed by atoms with Gasteiger partial charge in [-0.15, -0.1) is 0 Å². The van der Waals surface area contributed by atoms with Crippen LogP contribution in [0.2, 0.25) is 5.32 Å². The van der Waals surface area contributed by atoms with Crippen LogP contribution in [-0.4, -0.2) is 27.1 Å². The monoisotopic (exact) mass is 374 g/mol. The summed E-state index contributed by atoms with van der Waals surface area (Å²) in [5, 5.41) is 0.350. The van der Waals surface area contributed by atoms with Gasteiger partial charge in [0, 0.05) is 0 Å². The van der Waals surface area contributed by atoms with Gasteiger partial charge < -0.3 is 0 Å². The summed E-state index contributed by atoms with van der Waals surface area (Å²) in [6.07, 6.45) is -5.87. The third-order valence-electron chi connectivity index (χ3n) is 2.80. The molecule has 0 bridgehead atoms. The number of halogens is 3. The van der Waals surface area contributed by atoms with Crippen molar-refractivity contribution < 1.29 is 22.7 Å². The molecule has 2 rings (SSSR count). The van der Waals surface area contributed by atoms with Crippen LogP contribution in [0.3, 0.4) is 0 Å². The zero-order valence-corrected chi connectivity index (χ0v) is 13.1. The first-order chi connectivity index (χ1) is 10.5. The van der Waals surface area contributed by atoms with E-state index >= 15 is 0 Å². The number of hydrogen-bond acceptors (Lipinski definition) is 2. The predicted molar refractivity (Wildman–Crippen MR) is 78.0 cm³/mol. The van der Waals surface area contributed by atoms with Gasteiger partial charge in [-0.25, -0.2) is 0 Å². The fourth-order valence-corrected chi connectivity index (χ4v) is 3.75. The Morgan fingerprint density at radius 1 is 1.00 bits per heavy atom. The fraction of sp³-hybridized carbons (Fsp3) is 0.188. The molecule has 0 saturated carbocycles. The second-order valence-corrected chi connectivity index (χ2v) is 6.72. The van der Waals surface area contributed by atoms with Crippen molar-refractivity contribution in [2.24, 2.45) is 0 Å². The van der Waals surface area contributed by atoms with Gasteiger partial charge in [0.05, 0.1) is 0 Å². The Labute approximate surface area is 132 Å². The van der Waals surface area contributed by atoms with Crippen LogP contribution in [0.25, 0.3) is 0 Å². The van der Waals surface area contributed by atoms with Gasteiger partial charge in [-0.3, -0.25) is 0 Å². The van der Waals surface area contributed by atoms with Crippen LogP contribution in [0.4, 0.5) is 13.2 Å². The molecule has 2 aromatic carbocycles. The number of rotatable bonds is 5. The molecular formula is C16H13F3O2Se. The van der Waals surface area contributed by atoms with Crippen molar-refractivity contribution in [1.82, 2.24) is 0 Å². The molecule has 0 fully saturated rings. The molecule has 1 unspecified atom stereocenters. The van der Waals surface area contributed by atoms with Crippen LogP contribution >= 0.6 is 0 Å². The quantitative estimate of drug-likeness (QED) is 0.594. The summed E-state index contributed by atoms with van der Waals surface area (Å²) in [6.45, 7) is 0. The second-order valence-electron chi connectivity index (χ2n) is 4.43. The molecule has 0 aliphatic carbocycles. The van der Waals surface area contributed by atoms with Gasteiger partial charge in [0.1, 0.15) is 0 Å². The Morgan fingerprint density at radius 3 is 2.09 bits per heavy atom. The summed E-state index contributed by atoms with van der Waals surface area (Å²) in [6, 6.07) is 17.9. The molecule has 0 aliphatic rings. The number of benzene rings is 2. The Bertz CT molecular complexity index is 600. The molecular weight excluding hydrogens is 360 g/mol. The van der Waals surface area contributed by atoms with E-state index < -0.39 is 18.2 Å². The van der Waals surface area contributed by atoms with Crippen molar-refractivity contribution in [2.75, 3.05) is 0 Å². The van der Waals surface area contributed by atoms with E-state index in [9.17, 15) is 18.0 Å². The van der Waals surface area contributed by atoms with Crippen LogP contribution < -0.4 is 4.46 Å². The first-order valence-electron chi connectivity index (χ1n) is 6.47. The summed E-state index contributed by atoms with van der Waals surface area (Å²) in [7, 11) is 0. The SMILES string of the molecule is O=C(OC(C[Se]c1ccccc1)c1ccccc1)C(F)(F)F. The van der Waals surface area contributed by atoms with Crippen LogP contribution in [0.5, 0.6) is 0 Å². The topological polar surface area (TPSA) is 26.3 Å². The van der Waals surface area contributed by atoms with E-state index in [-0.39, 0.29) is 15.0 Å². The maximum atomic E-state index is 12.4. The van der Waals surface area contributed by atoms with Gasteiger partial charge in [0.15, 0.2) is 0 Å². The van der Waals surface area contributed by atoms with Crippen LogP contribution in [0.15, 0.2) is 60.7 Å². The Kier molecular flexibility index (Phi) is 5.63. The summed E-state index contributed by atoms with van der Waals surface area (Å²) in [5.41, 5.74) is 0.568. The first kappa shape index (κ1) is 16.6. The fourth-order valence-electron chi connectivity index (χ4n) is 1.75. The summed E-state index contributed by atoms with van der Waals surface area (Å²) >= 11 is -0.0896. The normalized spacial score (nSPS) is 12.7. The molecule has 0 heterocycles. The van der Waals surface area contributed by atoms with E-state index in [0.29, 0.717) is 10.9 Å². The average Bonchev–Trinajstić information content (AvgIpc) is 2.52. The van der Waals surface area contributed by atoms with E-state index in [1.165, 1.54) is 0 Å². The number of esters is 1. The molecule has 2 nitrogen and oxygen atoms in total. The Balaban J connectivity index is 2.10. The number of alkyl halides is 3. The van der Waals surface area contributed by atoms with Gasteiger partial charge in [-0.2, -0.15) is 0 Å². The molecule has 1 atom stereocenters. The molecule has 0 aromatic heterocycles. The Hall–Kier alpha value is -1.78. The third kappa shape index (κ3) is 4.90. The number of carbonyl (C=O) groups excluding carboxylic acids is 1. The van der Waals surface area contributed by atoms with E-state index in [4.69, 9.17) is 0 Å². The van der Waals surface area contributed by atoms with Crippen LogP contribution in [0.1, 0.15) is 11.7 Å². The second kappa shape index (κ2) is 7.47. The average molecular weight is 373 g/mol. The minimum atomic E-state index is -4.98. The number of carbonyl (C=O) groups is 1. The summed E-state index contributed by atoms with van der Waals surface area (Å²) < 4.78 is 43.0. The maximum absolute atomic E-state index is 12.4. The van der Waals surface area contributed by atoms with Crippen molar-refractivity contribution in [2.45, 2.75) is 17.6 Å². The predicted octanol–water partition coefficient (Wildman–Crippen LogP) is 3.28. The van der Waals surface area contributed by atoms with Crippen LogP contribution in [-0.2, 0) is 9.53 Å². The van der Waals surface area contributed by atoms with E-state index in [2.05, 4.69) is 4.74 Å². The van der Waals surface area contributed by atoms with E-state index in [1.54, 1.807) is 30.3 Å². The molecule has 0 spiro atoms. The van der Waals surface area contributed by atoms with E-state index in [0.717, 1.165) is 4.46 Å². The molecule has 0 N–H and O–H groups in total. The zero-order valence-electron chi connectivity index (χ0n) is 11.4. The molecule has 0 radical (unpaired) electrons. The van der Waals surface area contributed by atoms with Gasteiger partial charge in [-0.1, -0.05) is 0 Å². The van der Waals surface area contributed by atoms with Gasteiger partial charge >= 0.3 is 132 Å². The third-order valence-corrected chi connectivity index (χ3v) is 5.05. The first-order valence-corrected chi connectivity index (χ1v) is 8.54. The number of hydrogen-bond donors (Lipinski definition) is 0. The number of ether oxygens (including phenoxy) is 1. The zero-order chi connectivity index (χ0) is 16.0. The molecule has 0 saturated heterocycles. The molecule has 6 heteroatoms. The molecule has 0 aliphatic heterocycles. The van der Waals surface area contributed by atoms with Gasteiger partial charge in [-0.05, 0) is 0 Å². The van der Waals surface area contributed by atoms with Crippen molar-refractivity contribution in [3.63, 3.8) is 0 Å². The molecule has 0 amide bonds.